The zero-order valence-corrected chi connectivity index (χ0v) is 23.4. The first-order valence-electron chi connectivity index (χ1n) is 13.5. The van der Waals surface area contributed by atoms with Gasteiger partial charge in [0.1, 0.15) is 0 Å². The number of hydrogen-bond donors (Lipinski definition) is 3. The Kier molecular flexibility index (Phi) is 10.4. The minimum absolute atomic E-state index is 0.161. The molecule has 4 rings (SSSR count). The number of carbonyl (C=O) groups excluding carboxylic acids is 1. The number of aryl methyl sites for hydroxylation is 2. The summed E-state index contributed by atoms with van der Waals surface area (Å²) in [4.78, 5) is 30.5. The van der Waals surface area contributed by atoms with Crippen molar-refractivity contribution in [2.24, 2.45) is 0 Å². The van der Waals surface area contributed by atoms with Gasteiger partial charge in [-0.05, 0) is 89.8 Å². The van der Waals surface area contributed by atoms with Gasteiger partial charge in [-0.1, -0.05) is 37.3 Å². The first-order chi connectivity index (χ1) is 17.2. The van der Waals surface area contributed by atoms with Gasteiger partial charge in [-0.3, -0.25) is 9.59 Å². The molecule has 0 bridgehead atoms. The quantitative estimate of drug-likeness (QED) is 0.436. The molecule has 0 aliphatic heterocycles. The van der Waals surface area contributed by atoms with Crippen LogP contribution in [0.4, 0.5) is 5.69 Å². The van der Waals surface area contributed by atoms with Crippen LogP contribution in [0.1, 0.15) is 91.0 Å². The van der Waals surface area contributed by atoms with E-state index in [1.807, 2.05) is 40.0 Å². The lowest BCUT2D eigenvalue weighted by Crippen LogP contribution is -2.37. The molecule has 2 fully saturated rings. The molecular formula is C29H43ClN4O2. The maximum absolute atomic E-state index is 13.0. The number of aromatic amines is 1. The summed E-state index contributed by atoms with van der Waals surface area (Å²) in [5, 5.41) is 6.67. The Hall–Kier alpha value is -2.31. The van der Waals surface area contributed by atoms with E-state index in [1.165, 1.54) is 51.4 Å². The molecule has 0 radical (unpaired) electrons. The number of hydrogen-bond acceptors (Lipinski definition) is 4. The van der Waals surface area contributed by atoms with E-state index in [-0.39, 0.29) is 18.0 Å². The molecule has 2 saturated carbocycles. The first kappa shape index (κ1) is 28.3. The van der Waals surface area contributed by atoms with Crippen LogP contribution in [0.25, 0.3) is 0 Å². The number of nitrogens with zero attached hydrogens (tertiary/aromatic N) is 1. The summed E-state index contributed by atoms with van der Waals surface area (Å²) in [5.74, 6) is -0.213. The maximum atomic E-state index is 13.0. The fourth-order valence-corrected chi connectivity index (χ4v) is 5.49. The molecule has 1 aromatic carbocycles. The Balaban J connectivity index is 0.000000526. The van der Waals surface area contributed by atoms with Gasteiger partial charge >= 0.3 is 0 Å². The van der Waals surface area contributed by atoms with Crippen molar-refractivity contribution in [3.8, 4) is 0 Å². The first-order valence-corrected chi connectivity index (χ1v) is 13.8. The monoisotopic (exact) mass is 514 g/mol. The fraction of sp³-hybridized carbons (Fsp3) is 0.586. The molecule has 6 nitrogen and oxygen atoms in total. The Labute approximate surface area is 221 Å². The van der Waals surface area contributed by atoms with Crippen molar-refractivity contribution in [3.63, 3.8) is 0 Å². The molecule has 2 aromatic rings. The van der Waals surface area contributed by atoms with Gasteiger partial charge in [0, 0.05) is 52.7 Å². The van der Waals surface area contributed by atoms with Crippen molar-refractivity contribution in [1.82, 2.24) is 15.6 Å². The Morgan fingerprint density at radius 2 is 1.75 bits per heavy atom. The van der Waals surface area contributed by atoms with Crippen molar-refractivity contribution in [3.05, 3.63) is 61.5 Å². The summed E-state index contributed by atoms with van der Waals surface area (Å²) in [6.07, 6.45) is 10.4. The van der Waals surface area contributed by atoms with Gasteiger partial charge < -0.3 is 20.5 Å². The van der Waals surface area contributed by atoms with Crippen molar-refractivity contribution in [1.29, 1.82) is 0 Å². The number of carbonyl (C=O) groups is 1. The molecule has 198 valence electrons. The summed E-state index contributed by atoms with van der Waals surface area (Å²) in [6.45, 7) is 8.93. The van der Waals surface area contributed by atoms with Gasteiger partial charge in [0.05, 0.1) is 0 Å². The number of pyridine rings is 1. The summed E-state index contributed by atoms with van der Waals surface area (Å²) in [7, 11) is 2.03. The van der Waals surface area contributed by atoms with Crippen molar-refractivity contribution in [2.75, 3.05) is 18.5 Å². The molecule has 2 aliphatic carbocycles. The highest BCUT2D eigenvalue weighted by molar-refractivity contribution is 6.31. The summed E-state index contributed by atoms with van der Waals surface area (Å²) in [5.41, 5.74) is 4.62. The summed E-state index contributed by atoms with van der Waals surface area (Å²) < 4.78 is 0. The number of nitrogens with one attached hydrogen (secondary N) is 3. The van der Waals surface area contributed by atoms with Crippen LogP contribution < -0.4 is 21.1 Å². The predicted molar refractivity (Wildman–Crippen MR) is 150 cm³/mol. The number of H-pyrrole nitrogens is 1. The predicted octanol–water partition coefficient (Wildman–Crippen LogP) is 5.80. The van der Waals surface area contributed by atoms with Crippen LogP contribution in [0, 0.1) is 20.8 Å². The SMILES string of the molecule is CCN(c1cc(Cl)cc(C(=O)NCc2c(C)cc(C)[nH]c2=O)c1C)C1CCCCC1.CNC1CCC1. The van der Waals surface area contributed by atoms with Gasteiger partial charge in [-0.25, -0.2) is 0 Å². The lowest BCUT2D eigenvalue weighted by Gasteiger charge is -2.36. The highest BCUT2D eigenvalue weighted by atomic mass is 35.5. The molecule has 0 saturated heterocycles. The summed E-state index contributed by atoms with van der Waals surface area (Å²) in [6, 6.07) is 6.96. The second-order valence-corrected chi connectivity index (χ2v) is 10.7. The van der Waals surface area contributed by atoms with Crippen molar-refractivity contribution < 1.29 is 4.79 Å². The van der Waals surface area contributed by atoms with Gasteiger partial charge in [-0.15, -0.1) is 0 Å². The van der Waals surface area contributed by atoms with E-state index in [0.717, 1.165) is 35.1 Å². The lowest BCUT2D eigenvalue weighted by atomic mass is 9.93. The molecular weight excluding hydrogens is 472 g/mol. The van der Waals surface area contributed by atoms with E-state index in [9.17, 15) is 9.59 Å². The molecule has 0 spiro atoms. The van der Waals surface area contributed by atoms with E-state index >= 15 is 0 Å². The van der Waals surface area contributed by atoms with E-state index in [4.69, 9.17) is 11.6 Å². The average Bonchev–Trinajstić information content (AvgIpc) is 2.81. The zero-order chi connectivity index (χ0) is 26.2. The zero-order valence-electron chi connectivity index (χ0n) is 22.6. The van der Waals surface area contributed by atoms with Crippen LogP contribution in [-0.4, -0.2) is 36.6 Å². The van der Waals surface area contributed by atoms with Crippen LogP contribution in [0.5, 0.6) is 0 Å². The van der Waals surface area contributed by atoms with Crippen LogP contribution >= 0.6 is 11.6 Å². The van der Waals surface area contributed by atoms with Crippen LogP contribution in [0.3, 0.4) is 0 Å². The molecule has 1 aromatic heterocycles. The van der Waals surface area contributed by atoms with Crippen LogP contribution in [0.15, 0.2) is 23.0 Å². The number of benzene rings is 1. The number of aromatic nitrogens is 1. The molecule has 0 unspecified atom stereocenters. The third kappa shape index (κ3) is 7.13. The highest BCUT2D eigenvalue weighted by Crippen LogP contribution is 2.33. The molecule has 1 amide bonds. The average molecular weight is 515 g/mol. The number of halogens is 1. The summed E-state index contributed by atoms with van der Waals surface area (Å²) >= 11 is 6.43. The Bertz CT molecular complexity index is 1080. The normalized spacial score (nSPS) is 16.1. The van der Waals surface area contributed by atoms with Crippen LogP contribution in [-0.2, 0) is 6.54 Å². The number of amides is 1. The van der Waals surface area contributed by atoms with Gasteiger partial charge in [0.15, 0.2) is 0 Å². The molecule has 2 aliphatic rings. The second-order valence-electron chi connectivity index (χ2n) is 10.2. The number of rotatable bonds is 7. The topological polar surface area (TPSA) is 77.2 Å². The van der Waals surface area contributed by atoms with Crippen LogP contribution in [0.2, 0.25) is 5.02 Å². The van der Waals surface area contributed by atoms with E-state index in [0.29, 0.717) is 22.2 Å². The molecule has 36 heavy (non-hydrogen) atoms. The third-order valence-electron chi connectivity index (χ3n) is 7.69. The minimum atomic E-state index is -0.213. The molecule has 0 atom stereocenters. The smallest absolute Gasteiger partial charge is 0.253 e. The maximum Gasteiger partial charge on any atom is 0.253 e. The molecule has 7 heteroatoms. The van der Waals surface area contributed by atoms with Gasteiger partial charge in [0.25, 0.3) is 11.5 Å². The number of anilines is 1. The second kappa shape index (κ2) is 13.3. The van der Waals surface area contributed by atoms with Gasteiger partial charge in [-0.2, -0.15) is 0 Å². The Morgan fingerprint density at radius 1 is 1.06 bits per heavy atom. The standard InChI is InChI=1S/C24H32ClN3O2.C5H11N/c1-5-28(19-9-7-6-8-10-19)22-13-18(25)12-20(17(22)4)23(29)26-14-21-15(2)11-16(3)27-24(21)30;1-6-5-3-2-4-5/h11-13,19H,5-10,14H2,1-4H3,(H,26,29)(H,27,30);5-6H,2-4H2,1H3. The van der Waals surface area contributed by atoms with Crippen molar-refractivity contribution >= 4 is 23.2 Å². The fourth-order valence-electron chi connectivity index (χ4n) is 5.28. The van der Waals surface area contributed by atoms with E-state index in [2.05, 4.69) is 27.4 Å². The lowest BCUT2D eigenvalue weighted by molar-refractivity contribution is 0.0950. The van der Waals surface area contributed by atoms with Crippen molar-refractivity contribution in [2.45, 2.75) is 97.7 Å². The Morgan fingerprint density at radius 3 is 2.28 bits per heavy atom. The minimum Gasteiger partial charge on any atom is -0.369 e. The molecule has 3 N–H and O–H groups in total. The van der Waals surface area contributed by atoms with E-state index < -0.39 is 0 Å². The highest BCUT2D eigenvalue weighted by Gasteiger charge is 2.24. The van der Waals surface area contributed by atoms with Gasteiger partial charge in [0.2, 0.25) is 0 Å². The third-order valence-corrected chi connectivity index (χ3v) is 7.91. The molecule has 1 heterocycles. The largest absolute Gasteiger partial charge is 0.369 e. The van der Waals surface area contributed by atoms with E-state index in [1.54, 1.807) is 6.07 Å².